The van der Waals surface area contributed by atoms with Crippen LogP contribution in [0.2, 0.25) is 0 Å². The predicted octanol–water partition coefficient (Wildman–Crippen LogP) is 2.62. The molecule has 0 aromatic heterocycles. The molecule has 1 rings (SSSR count). The van der Waals surface area contributed by atoms with E-state index in [1.165, 1.54) is 16.7 Å². The van der Waals surface area contributed by atoms with E-state index in [4.69, 9.17) is 0 Å². The van der Waals surface area contributed by atoms with Gasteiger partial charge in [-0.1, -0.05) is 35.9 Å². The van der Waals surface area contributed by atoms with Crippen LogP contribution in [0.3, 0.4) is 0 Å². The average Bonchev–Trinajstić information content (AvgIpc) is 2.15. The normalized spacial score (nSPS) is 11.8. The van der Waals surface area contributed by atoms with Crippen molar-refractivity contribution >= 4 is 5.57 Å². The van der Waals surface area contributed by atoms with Crippen LogP contribution < -0.4 is 5.32 Å². The number of allylic oxidation sites excluding steroid dienone is 1. The van der Waals surface area contributed by atoms with Gasteiger partial charge >= 0.3 is 0 Å². The third kappa shape index (κ3) is 3.03. The van der Waals surface area contributed by atoms with Crippen LogP contribution in [0.5, 0.6) is 0 Å². The van der Waals surface area contributed by atoms with Crippen molar-refractivity contribution in [3.8, 4) is 0 Å². The number of likely N-dealkylation sites (N-methyl/N-ethyl adjacent to an activating group) is 1. The van der Waals surface area contributed by atoms with E-state index in [0.29, 0.717) is 0 Å². The van der Waals surface area contributed by atoms with Gasteiger partial charge in [0.1, 0.15) is 0 Å². The standard InChI is InChI=1S/C12H17N/c1-10-4-6-12(7-5-10)11(2)8-9-13-3/h4-8,13H,9H2,1-3H3/b11-8+. The summed E-state index contributed by atoms with van der Waals surface area (Å²) in [6.45, 7) is 5.18. The maximum absolute atomic E-state index is 3.10. The molecular weight excluding hydrogens is 158 g/mol. The smallest absolute Gasteiger partial charge is 0.0137 e. The largest absolute Gasteiger partial charge is 0.316 e. The molecule has 1 N–H and O–H groups in total. The SMILES string of the molecule is CNC/C=C(\C)c1ccc(C)cc1. The molecule has 0 atom stereocenters. The summed E-state index contributed by atoms with van der Waals surface area (Å²) in [6, 6.07) is 8.62. The summed E-state index contributed by atoms with van der Waals surface area (Å²) < 4.78 is 0. The molecule has 0 aliphatic rings. The van der Waals surface area contributed by atoms with Crippen molar-refractivity contribution in [2.24, 2.45) is 0 Å². The third-order valence-electron chi connectivity index (χ3n) is 2.12. The molecule has 0 saturated heterocycles. The van der Waals surface area contributed by atoms with Crippen LogP contribution in [0.15, 0.2) is 30.3 Å². The summed E-state index contributed by atoms with van der Waals surface area (Å²) in [6.07, 6.45) is 2.20. The fraction of sp³-hybridized carbons (Fsp3) is 0.333. The molecule has 13 heavy (non-hydrogen) atoms. The summed E-state index contributed by atoms with van der Waals surface area (Å²) in [5.41, 5.74) is 3.94. The van der Waals surface area contributed by atoms with Crippen LogP contribution in [0, 0.1) is 6.92 Å². The summed E-state index contributed by atoms with van der Waals surface area (Å²) in [5.74, 6) is 0. The van der Waals surface area contributed by atoms with Crippen LogP contribution in [-0.4, -0.2) is 13.6 Å². The second kappa shape index (κ2) is 4.83. The lowest BCUT2D eigenvalue weighted by molar-refractivity contribution is 0.920. The third-order valence-corrected chi connectivity index (χ3v) is 2.12. The van der Waals surface area contributed by atoms with Gasteiger partial charge in [0, 0.05) is 6.54 Å². The van der Waals surface area contributed by atoms with Crippen LogP contribution in [0.25, 0.3) is 5.57 Å². The zero-order chi connectivity index (χ0) is 9.68. The van der Waals surface area contributed by atoms with Gasteiger partial charge in [-0.3, -0.25) is 0 Å². The Morgan fingerprint density at radius 3 is 2.46 bits per heavy atom. The van der Waals surface area contributed by atoms with Gasteiger partial charge in [-0.15, -0.1) is 0 Å². The maximum Gasteiger partial charge on any atom is 0.0137 e. The van der Waals surface area contributed by atoms with Crippen molar-refractivity contribution in [2.45, 2.75) is 13.8 Å². The lowest BCUT2D eigenvalue weighted by atomic mass is 10.1. The molecule has 0 radical (unpaired) electrons. The highest BCUT2D eigenvalue weighted by atomic mass is 14.8. The van der Waals surface area contributed by atoms with Crippen molar-refractivity contribution < 1.29 is 0 Å². The topological polar surface area (TPSA) is 12.0 Å². The molecule has 0 spiro atoms. The Balaban J connectivity index is 2.77. The van der Waals surface area contributed by atoms with Crippen LogP contribution in [0.1, 0.15) is 18.1 Å². The van der Waals surface area contributed by atoms with Crippen LogP contribution in [-0.2, 0) is 0 Å². The van der Waals surface area contributed by atoms with E-state index >= 15 is 0 Å². The summed E-state index contributed by atoms with van der Waals surface area (Å²) >= 11 is 0. The number of aryl methyl sites for hydroxylation is 1. The highest BCUT2D eigenvalue weighted by molar-refractivity contribution is 5.63. The minimum absolute atomic E-state index is 0.930. The molecule has 0 aliphatic carbocycles. The number of rotatable bonds is 3. The van der Waals surface area contributed by atoms with Crippen molar-refractivity contribution in [1.82, 2.24) is 5.32 Å². The fourth-order valence-electron chi connectivity index (χ4n) is 1.19. The van der Waals surface area contributed by atoms with Crippen molar-refractivity contribution in [3.05, 3.63) is 41.5 Å². The van der Waals surface area contributed by atoms with Crippen LogP contribution >= 0.6 is 0 Å². The summed E-state index contributed by atoms with van der Waals surface area (Å²) in [7, 11) is 1.96. The summed E-state index contributed by atoms with van der Waals surface area (Å²) in [5, 5.41) is 3.10. The molecule has 1 nitrogen and oxygen atoms in total. The zero-order valence-electron chi connectivity index (χ0n) is 8.59. The van der Waals surface area contributed by atoms with Gasteiger partial charge in [0.05, 0.1) is 0 Å². The van der Waals surface area contributed by atoms with E-state index in [-0.39, 0.29) is 0 Å². The minimum Gasteiger partial charge on any atom is -0.316 e. The zero-order valence-corrected chi connectivity index (χ0v) is 8.59. The molecule has 1 aromatic carbocycles. The second-order valence-electron chi connectivity index (χ2n) is 3.31. The molecule has 0 saturated carbocycles. The lowest BCUT2D eigenvalue weighted by Gasteiger charge is -2.02. The average molecular weight is 175 g/mol. The first-order chi connectivity index (χ1) is 6.24. The molecule has 0 amide bonds. The number of benzene rings is 1. The Labute approximate surface area is 80.5 Å². The van der Waals surface area contributed by atoms with Gasteiger partial charge in [0.2, 0.25) is 0 Å². The van der Waals surface area contributed by atoms with Gasteiger partial charge in [-0.2, -0.15) is 0 Å². The Morgan fingerprint density at radius 1 is 1.31 bits per heavy atom. The molecule has 0 aliphatic heterocycles. The van der Waals surface area contributed by atoms with E-state index in [0.717, 1.165) is 6.54 Å². The predicted molar refractivity (Wildman–Crippen MR) is 58.8 cm³/mol. The summed E-state index contributed by atoms with van der Waals surface area (Å²) in [4.78, 5) is 0. The molecule has 0 unspecified atom stereocenters. The van der Waals surface area contributed by atoms with E-state index in [2.05, 4.69) is 49.5 Å². The number of nitrogens with one attached hydrogen (secondary N) is 1. The Morgan fingerprint density at radius 2 is 1.92 bits per heavy atom. The monoisotopic (exact) mass is 175 g/mol. The van der Waals surface area contributed by atoms with Gasteiger partial charge in [0.15, 0.2) is 0 Å². The lowest BCUT2D eigenvalue weighted by Crippen LogP contribution is -2.04. The fourth-order valence-corrected chi connectivity index (χ4v) is 1.19. The molecule has 0 heterocycles. The van der Waals surface area contributed by atoms with Gasteiger partial charge < -0.3 is 5.32 Å². The Bertz CT molecular complexity index is 282. The van der Waals surface area contributed by atoms with Crippen molar-refractivity contribution in [3.63, 3.8) is 0 Å². The highest BCUT2D eigenvalue weighted by Crippen LogP contribution is 2.13. The Hall–Kier alpha value is -1.08. The van der Waals surface area contributed by atoms with Gasteiger partial charge in [-0.25, -0.2) is 0 Å². The molecule has 1 heteroatoms. The molecular formula is C12H17N. The highest BCUT2D eigenvalue weighted by Gasteiger charge is 1.93. The van der Waals surface area contributed by atoms with E-state index in [1.54, 1.807) is 0 Å². The molecule has 70 valence electrons. The van der Waals surface area contributed by atoms with Crippen molar-refractivity contribution in [2.75, 3.05) is 13.6 Å². The van der Waals surface area contributed by atoms with Gasteiger partial charge in [-0.05, 0) is 32.0 Å². The van der Waals surface area contributed by atoms with Crippen LogP contribution in [0.4, 0.5) is 0 Å². The second-order valence-corrected chi connectivity index (χ2v) is 3.31. The minimum atomic E-state index is 0.930. The van der Waals surface area contributed by atoms with Crippen molar-refractivity contribution in [1.29, 1.82) is 0 Å². The number of hydrogen-bond donors (Lipinski definition) is 1. The molecule has 0 fully saturated rings. The van der Waals surface area contributed by atoms with E-state index < -0.39 is 0 Å². The first kappa shape index (κ1) is 10.0. The Kier molecular flexibility index (Phi) is 3.71. The first-order valence-electron chi connectivity index (χ1n) is 4.62. The maximum atomic E-state index is 3.10. The van der Waals surface area contributed by atoms with Gasteiger partial charge in [0.25, 0.3) is 0 Å². The van der Waals surface area contributed by atoms with E-state index in [9.17, 15) is 0 Å². The molecule has 1 aromatic rings. The quantitative estimate of drug-likeness (QED) is 0.744. The number of hydrogen-bond acceptors (Lipinski definition) is 1. The molecule has 0 bridgehead atoms. The van der Waals surface area contributed by atoms with E-state index in [1.807, 2.05) is 7.05 Å². The first-order valence-corrected chi connectivity index (χ1v) is 4.62.